The van der Waals surface area contributed by atoms with Gasteiger partial charge in [-0.25, -0.2) is 0 Å². The first-order chi connectivity index (χ1) is 4.27. The fraction of sp³-hybridized carbons (Fsp3) is 1.00. The van der Waals surface area contributed by atoms with Crippen molar-refractivity contribution >= 4 is 11.2 Å². The molecule has 2 nitrogen and oxygen atoms in total. The minimum Gasteiger partial charge on any atom is -0.617 e. The molecular formula is C6H15NOS. The summed E-state index contributed by atoms with van der Waals surface area (Å²) in [6.45, 7) is 1.04. The highest BCUT2D eigenvalue weighted by molar-refractivity contribution is 7.90. The van der Waals surface area contributed by atoms with E-state index in [1.54, 1.807) is 6.26 Å². The molecule has 0 bridgehead atoms. The summed E-state index contributed by atoms with van der Waals surface area (Å²) in [5.41, 5.74) is 0. The van der Waals surface area contributed by atoms with Gasteiger partial charge in [-0.2, -0.15) is 0 Å². The molecule has 0 fully saturated rings. The molecule has 0 aliphatic heterocycles. The second-order valence-electron chi connectivity index (χ2n) is 2.09. The maximum atomic E-state index is 10.5. The molecule has 1 N–H and O–H groups in total. The van der Waals surface area contributed by atoms with Crippen LogP contribution in [-0.2, 0) is 11.2 Å². The molecule has 0 aromatic rings. The van der Waals surface area contributed by atoms with E-state index in [4.69, 9.17) is 0 Å². The van der Waals surface area contributed by atoms with Gasteiger partial charge in [0.15, 0.2) is 0 Å². The van der Waals surface area contributed by atoms with Gasteiger partial charge in [0.2, 0.25) is 0 Å². The van der Waals surface area contributed by atoms with E-state index in [1.807, 2.05) is 7.05 Å². The average molecular weight is 149 g/mol. The predicted molar refractivity (Wildman–Crippen MR) is 42.1 cm³/mol. The summed E-state index contributed by atoms with van der Waals surface area (Å²) in [5, 5.41) is 3.04. The number of hydrogen-bond donors (Lipinski definition) is 1. The molecule has 0 amide bonds. The van der Waals surface area contributed by atoms with Crippen LogP contribution in [-0.4, -0.2) is 30.2 Å². The summed E-state index contributed by atoms with van der Waals surface area (Å²) in [7, 11) is 1.93. The Morgan fingerprint density at radius 2 is 2.11 bits per heavy atom. The molecular weight excluding hydrogens is 134 g/mol. The van der Waals surface area contributed by atoms with E-state index in [9.17, 15) is 4.55 Å². The molecule has 0 spiro atoms. The Hall–Kier alpha value is 0.270. The fourth-order valence-electron chi connectivity index (χ4n) is 0.607. The summed E-state index contributed by atoms with van der Waals surface area (Å²) >= 11 is -0.597. The second-order valence-corrected chi connectivity index (χ2v) is 3.64. The summed E-state index contributed by atoms with van der Waals surface area (Å²) in [4.78, 5) is 0. The van der Waals surface area contributed by atoms with E-state index in [-0.39, 0.29) is 0 Å². The highest BCUT2D eigenvalue weighted by Gasteiger charge is 1.94. The molecule has 0 heterocycles. The lowest BCUT2D eigenvalue weighted by molar-refractivity contribution is 0.594. The first-order valence-electron chi connectivity index (χ1n) is 3.22. The Bertz CT molecular complexity index is 59.0. The van der Waals surface area contributed by atoms with Crippen LogP contribution in [0.1, 0.15) is 12.8 Å². The predicted octanol–water partition coefficient (Wildman–Crippen LogP) is 0.365. The minimum atomic E-state index is -0.597. The molecule has 0 aliphatic rings. The van der Waals surface area contributed by atoms with Crippen LogP contribution in [0.15, 0.2) is 0 Å². The van der Waals surface area contributed by atoms with Crippen LogP contribution in [0.25, 0.3) is 0 Å². The van der Waals surface area contributed by atoms with Gasteiger partial charge in [0.25, 0.3) is 0 Å². The van der Waals surface area contributed by atoms with Crippen LogP contribution >= 0.6 is 0 Å². The number of nitrogens with one attached hydrogen (secondary N) is 1. The van der Waals surface area contributed by atoms with E-state index >= 15 is 0 Å². The molecule has 0 radical (unpaired) electrons. The van der Waals surface area contributed by atoms with E-state index in [0.29, 0.717) is 0 Å². The molecule has 0 saturated heterocycles. The van der Waals surface area contributed by atoms with Gasteiger partial charge in [-0.3, -0.25) is 0 Å². The Morgan fingerprint density at radius 3 is 2.56 bits per heavy atom. The van der Waals surface area contributed by atoms with Crippen molar-refractivity contribution in [2.24, 2.45) is 0 Å². The zero-order chi connectivity index (χ0) is 7.11. The van der Waals surface area contributed by atoms with E-state index < -0.39 is 11.2 Å². The van der Waals surface area contributed by atoms with Gasteiger partial charge in [-0.05, 0) is 26.4 Å². The van der Waals surface area contributed by atoms with Gasteiger partial charge in [0, 0.05) is 0 Å². The van der Waals surface area contributed by atoms with Crippen molar-refractivity contribution in [2.75, 3.05) is 25.6 Å². The molecule has 56 valence electrons. The van der Waals surface area contributed by atoms with Crippen LogP contribution in [0.4, 0.5) is 0 Å². The van der Waals surface area contributed by atoms with Crippen LogP contribution in [0.5, 0.6) is 0 Å². The largest absolute Gasteiger partial charge is 0.617 e. The third-order valence-electron chi connectivity index (χ3n) is 1.11. The molecule has 0 aliphatic carbocycles. The monoisotopic (exact) mass is 149 g/mol. The summed E-state index contributed by atoms with van der Waals surface area (Å²) in [6.07, 6.45) is 3.96. The molecule has 3 heteroatoms. The Kier molecular flexibility index (Phi) is 6.58. The molecule has 1 unspecified atom stereocenters. The van der Waals surface area contributed by atoms with Crippen molar-refractivity contribution in [1.82, 2.24) is 5.32 Å². The average Bonchev–Trinajstić information content (AvgIpc) is 1.80. The first-order valence-corrected chi connectivity index (χ1v) is 4.94. The lowest BCUT2D eigenvalue weighted by Crippen LogP contribution is -2.10. The molecule has 9 heavy (non-hydrogen) atoms. The molecule has 0 saturated carbocycles. The van der Waals surface area contributed by atoms with Gasteiger partial charge >= 0.3 is 0 Å². The van der Waals surface area contributed by atoms with Gasteiger partial charge in [0.1, 0.15) is 5.75 Å². The fourth-order valence-corrected chi connectivity index (χ4v) is 1.22. The highest BCUT2D eigenvalue weighted by Crippen LogP contribution is 1.91. The first kappa shape index (κ1) is 9.27. The van der Waals surface area contributed by atoms with Crippen molar-refractivity contribution in [3.05, 3.63) is 0 Å². The standard InChI is InChI=1S/C6H15NOS/c1-7-5-3-4-6-9(2)8/h7H,3-6H2,1-2H3. The van der Waals surface area contributed by atoms with Crippen molar-refractivity contribution in [3.63, 3.8) is 0 Å². The second kappa shape index (κ2) is 6.39. The van der Waals surface area contributed by atoms with Crippen molar-refractivity contribution < 1.29 is 4.55 Å². The molecule has 1 atom stereocenters. The van der Waals surface area contributed by atoms with Crippen molar-refractivity contribution in [3.8, 4) is 0 Å². The minimum absolute atomic E-state index is 0.597. The number of rotatable bonds is 5. The van der Waals surface area contributed by atoms with Gasteiger partial charge < -0.3 is 9.87 Å². The zero-order valence-electron chi connectivity index (χ0n) is 6.14. The normalized spacial score (nSPS) is 13.7. The Morgan fingerprint density at radius 1 is 1.44 bits per heavy atom. The Labute approximate surface area is 60.2 Å². The van der Waals surface area contributed by atoms with Gasteiger partial charge in [0.05, 0.1) is 6.26 Å². The maximum Gasteiger partial charge on any atom is 0.105 e. The lowest BCUT2D eigenvalue weighted by atomic mass is 10.3. The van der Waals surface area contributed by atoms with Crippen molar-refractivity contribution in [2.45, 2.75) is 12.8 Å². The summed E-state index contributed by atoms with van der Waals surface area (Å²) in [6, 6.07) is 0. The van der Waals surface area contributed by atoms with Gasteiger partial charge in [-0.1, -0.05) is 11.2 Å². The van der Waals surface area contributed by atoms with Crippen molar-refractivity contribution in [1.29, 1.82) is 0 Å². The summed E-state index contributed by atoms with van der Waals surface area (Å²) in [5.74, 6) is 0.849. The third-order valence-corrected chi connectivity index (χ3v) is 1.97. The smallest absolute Gasteiger partial charge is 0.105 e. The highest BCUT2D eigenvalue weighted by atomic mass is 32.2. The topological polar surface area (TPSA) is 35.1 Å². The third kappa shape index (κ3) is 8.27. The zero-order valence-corrected chi connectivity index (χ0v) is 6.96. The number of hydrogen-bond acceptors (Lipinski definition) is 2. The SMILES string of the molecule is CNCCCC[S+](C)[O-]. The lowest BCUT2D eigenvalue weighted by Gasteiger charge is -2.03. The van der Waals surface area contributed by atoms with Crippen LogP contribution in [0, 0.1) is 0 Å². The molecule has 0 aromatic heterocycles. The van der Waals surface area contributed by atoms with Crippen LogP contribution in [0.3, 0.4) is 0 Å². The Balaban J connectivity index is 2.75. The maximum absolute atomic E-state index is 10.5. The van der Waals surface area contributed by atoms with E-state index in [1.165, 1.54) is 0 Å². The summed E-state index contributed by atoms with van der Waals surface area (Å²) < 4.78 is 10.5. The van der Waals surface area contributed by atoms with E-state index in [2.05, 4.69) is 5.32 Å². The van der Waals surface area contributed by atoms with E-state index in [0.717, 1.165) is 25.1 Å². The van der Waals surface area contributed by atoms with Gasteiger partial charge in [-0.15, -0.1) is 0 Å². The molecule has 0 aromatic carbocycles. The van der Waals surface area contributed by atoms with Crippen LogP contribution in [0.2, 0.25) is 0 Å². The molecule has 0 rings (SSSR count). The van der Waals surface area contributed by atoms with Crippen LogP contribution < -0.4 is 5.32 Å². The number of unbranched alkanes of at least 4 members (excludes halogenated alkanes) is 1. The quantitative estimate of drug-likeness (QED) is 0.452.